The van der Waals surface area contributed by atoms with Crippen LogP contribution in [0.4, 0.5) is 0 Å². The average Bonchev–Trinajstić information content (AvgIpc) is 2.18. The van der Waals surface area contributed by atoms with Gasteiger partial charge in [0.1, 0.15) is 5.15 Å². The summed E-state index contributed by atoms with van der Waals surface area (Å²) in [6, 6.07) is 3.01. The molecule has 0 spiro atoms. The number of aromatic nitrogens is 1. The number of halogens is 2. The van der Waals surface area contributed by atoms with Crippen molar-refractivity contribution < 1.29 is 9.53 Å². The summed E-state index contributed by atoms with van der Waals surface area (Å²) >= 11 is 5.84. The van der Waals surface area contributed by atoms with Crippen LogP contribution in [0.1, 0.15) is 24.9 Å². The van der Waals surface area contributed by atoms with E-state index < -0.39 is 6.04 Å². The van der Waals surface area contributed by atoms with E-state index in [0.29, 0.717) is 17.3 Å². The standard InChI is InChI=1S/C10H13ClN2O2.ClH/c1-2-15-9(14)6-8(12)7-4-3-5-13-10(7)11;/h3-5,8H,2,6,12H2,1H3;1H/t8-;/m0./s1. The normalized spacial score (nSPS) is 11.4. The van der Waals surface area contributed by atoms with Gasteiger partial charge in [0.15, 0.2) is 0 Å². The predicted molar refractivity (Wildman–Crippen MR) is 64.7 cm³/mol. The Kier molecular flexibility index (Phi) is 7.05. The molecule has 2 N–H and O–H groups in total. The van der Waals surface area contributed by atoms with Gasteiger partial charge in [0, 0.05) is 17.8 Å². The van der Waals surface area contributed by atoms with Crippen molar-refractivity contribution in [2.24, 2.45) is 5.73 Å². The molecule has 0 saturated heterocycles. The fourth-order valence-corrected chi connectivity index (χ4v) is 1.44. The molecule has 0 fully saturated rings. The Labute approximate surface area is 106 Å². The van der Waals surface area contributed by atoms with Crippen molar-refractivity contribution in [2.75, 3.05) is 6.61 Å². The molecule has 6 heteroatoms. The van der Waals surface area contributed by atoms with E-state index in [0.717, 1.165) is 0 Å². The quantitative estimate of drug-likeness (QED) is 0.668. The monoisotopic (exact) mass is 264 g/mol. The first-order chi connectivity index (χ1) is 7.15. The summed E-state index contributed by atoms with van der Waals surface area (Å²) in [6.45, 7) is 2.10. The summed E-state index contributed by atoms with van der Waals surface area (Å²) in [4.78, 5) is 15.1. The van der Waals surface area contributed by atoms with Gasteiger partial charge in [0.25, 0.3) is 0 Å². The molecule has 0 saturated carbocycles. The molecule has 0 aliphatic heterocycles. The second-order valence-electron chi connectivity index (χ2n) is 3.00. The van der Waals surface area contributed by atoms with Crippen LogP contribution in [-0.2, 0) is 9.53 Å². The SMILES string of the molecule is CCOC(=O)C[C@H](N)c1cccnc1Cl.Cl. The third-order valence-electron chi connectivity index (χ3n) is 1.88. The highest BCUT2D eigenvalue weighted by molar-refractivity contribution is 6.30. The van der Waals surface area contributed by atoms with Crippen LogP contribution in [0, 0.1) is 0 Å². The summed E-state index contributed by atoms with van der Waals surface area (Å²) in [5, 5.41) is 0.328. The highest BCUT2D eigenvalue weighted by atomic mass is 35.5. The molecule has 1 atom stereocenters. The number of rotatable bonds is 4. The molecule has 0 aliphatic carbocycles. The maximum Gasteiger partial charge on any atom is 0.307 e. The van der Waals surface area contributed by atoms with Crippen molar-refractivity contribution >= 4 is 30.0 Å². The van der Waals surface area contributed by atoms with E-state index in [2.05, 4.69) is 4.98 Å². The van der Waals surface area contributed by atoms with E-state index in [-0.39, 0.29) is 24.8 Å². The fourth-order valence-electron chi connectivity index (χ4n) is 1.18. The first-order valence-electron chi connectivity index (χ1n) is 4.66. The molecule has 1 aromatic heterocycles. The third-order valence-corrected chi connectivity index (χ3v) is 2.20. The van der Waals surface area contributed by atoms with Crippen molar-refractivity contribution in [3.63, 3.8) is 0 Å². The lowest BCUT2D eigenvalue weighted by atomic mass is 10.1. The van der Waals surface area contributed by atoms with Crippen LogP contribution in [-0.4, -0.2) is 17.6 Å². The van der Waals surface area contributed by atoms with Gasteiger partial charge in [-0.3, -0.25) is 4.79 Å². The number of hydrogen-bond acceptors (Lipinski definition) is 4. The van der Waals surface area contributed by atoms with E-state index in [1.165, 1.54) is 0 Å². The lowest BCUT2D eigenvalue weighted by Gasteiger charge is -2.11. The van der Waals surface area contributed by atoms with Gasteiger partial charge in [0.2, 0.25) is 0 Å². The van der Waals surface area contributed by atoms with E-state index in [9.17, 15) is 4.79 Å². The van der Waals surface area contributed by atoms with Gasteiger partial charge in [-0.2, -0.15) is 0 Å². The summed E-state index contributed by atoms with van der Waals surface area (Å²) in [5.41, 5.74) is 6.46. The van der Waals surface area contributed by atoms with Gasteiger partial charge in [-0.05, 0) is 13.0 Å². The summed E-state index contributed by atoms with van der Waals surface area (Å²) in [6.07, 6.45) is 1.68. The molecule has 0 radical (unpaired) electrons. The third kappa shape index (κ3) is 4.35. The van der Waals surface area contributed by atoms with Crippen molar-refractivity contribution in [1.82, 2.24) is 4.98 Å². The van der Waals surface area contributed by atoms with Crippen LogP contribution >= 0.6 is 24.0 Å². The zero-order valence-electron chi connectivity index (χ0n) is 8.85. The lowest BCUT2D eigenvalue weighted by Crippen LogP contribution is -2.17. The molecule has 0 amide bonds. The Balaban J connectivity index is 0.00000225. The first-order valence-corrected chi connectivity index (χ1v) is 5.04. The number of nitrogens with zero attached hydrogens (tertiary/aromatic N) is 1. The van der Waals surface area contributed by atoms with E-state index in [1.807, 2.05) is 0 Å². The van der Waals surface area contributed by atoms with Crippen molar-refractivity contribution in [3.05, 3.63) is 29.0 Å². The van der Waals surface area contributed by atoms with Crippen molar-refractivity contribution in [2.45, 2.75) is 19.4 Å². The minimum atomic E-state index is -0.467. The topological polar surface area (TPSA) is 65.2 Å². The number of pyridine rings is 1. The molecule has 0 aliphatic rings. The van der Waals surface area contributed by atoms with Gasteiger partial charge < -0.3 is 10.5 Å². The van der Waals surface area contributed by atoms with Crippen LogP contribution in [0.15, 0.2) is 18.3 Å². The van der Waals surface area contributed by atoms with Crippen LogP contribution in [0.25, 0.3) is 0 Å². The van der Waals surface area contributed by atoms with E-state index in [4.69, 9.17) is 22.1 Å². The summed E-state index contributed by atoms with van der Waals surface area (Å²) in [7, 11) is 0. The Bertz CT molecular complexity index is 347. The number of hydrogen-bond donors (Lipinski definition) is 1. The van der Waals surface area contributed by atoms with Gasteiger partial charge >= 0.3 is 5.97 Å². The zero-order chi connectivity index (χ0) is 11.3. The van der Waals surface area contributed by atoms with Crippen molar-refractivity contribution in [3.8, 4) is 0 Å². The highest BCUT2D eigenvalue weighted by Crippen LogP contribution is 2.21. The van der Waals surface area contributed by atoms with Crippen molar-refractivity contribution in [1.29, 1.82) is 0 Å². The molecule has 0 aromatic carbocycles. The molecule has 90 valence electrons. The number of carbonyl (C=O) groups is 1. The number of carbonyl (C=O) groups excluding carboxylic acids is 1. The van der Waals surface area contributed by atoms with Gasteiger partial charge in [-0.25, -0.2) is 4.98 Å². The highest BCUT2D eigenvalue weighted by Gasteiger charge is 2.15. The second-order valence-corrected chi connectivity index (χ2v) is 3.36. The number of esters is 1. The van der Waals surface area contributed by atoms with Gasteiger partial charge in [0.05, 0.1) is 13.0 Å². The fraction of sp³-hybridized carbons (Fsp3) is 0.400. The van der Waals surface area contributed by atoms with Gasteiger partial charge in [-0.15, -0.1) is 12.4 Å². The molecule has 4 nitrogen and oxygen atoms in total. The molecule has 0 unspecified atom stereocenters. The first kappa shape index (κ1) is 15.2. The minimum Gasteiger partial charge on any atom is -0.466 e. The van der Waals surface area contributed by atoms with Crippen LogP contribution in [0.2, 0.25) is 5.15 Å². The maximum absolute atomic E-state index is 11.2. The van der Waals surface area contributed by atoms with E-state index >= 15 is 0 Å². The van der Waals surface area contributed by atoms with E-state index in [1.54, 1.807) is 25.3 Å². The Hall–Kier alpha value is -0.840. The molecule has 1 rings (SSSR count). The lowest BCUT2D eigenvalue weighted by molar-refractivity contribution is -0.143. The Morgan fingerprint density at radius 3 is 2.94 bits per heavy atom. The average molecular weight is 265 g/mol. The molecular formula is C10H14Cl2N2O2. The molecule has 0 bridgehead atoms. The second kappa shape index (κ2) is 7.44. The number of nitrogens with two attached hydrogens (primary N) is 1. The Morgan fingerprint density at radius 2 is 2.38 bits per heavy atom. The minimum absolute atomic E-state index is 0. The molecule has 16 heavy (non-hydrogen) atoms. The summed E-state index contributed by atoms with van der Waals surface area (Å²) < 4.78 is 4.79. The largest absolute Gasteiger partial charge is 0.466 e. The van der Waals surface area contributed by atoms with Crippen LogP contribution < -0.4 is 5.73 Å². The molecule has 1 heterocycles. The predicted octanol–water partition coefficient (Wildman–Crippen LogP) is 2.11. The summed E-state index contributed by atoms with van der Waals surface area (Å²) in [5.74, 6) is -0.329. The van der Waals surface area contributed by atoms with Gasteiger partial charge in [-0.1, -0.05) is 17.7 Å². The molecule has 1 aromatic rings. The van der Waals surface area contributed by atoms with Crippen LogP contribution in [0.5, 0.6) is 0 Å². The van der Waals surface area contributed by atoms with Crippen LogP contribution in [0.3, 0.4) is 0 Å². The molecular weight excluding hydrogens is 251 g/mol. The zero-order valence-corrected chi connectivity index (χ0v) is 10.4. The Morgan fingerprint density at radius 1 is 1.69 bits per heavy atom. The maximum atomic E-state index is 11.2. The smallest absolute Gasteiger partial charge is 0.307 e. The number of ether oxygens (including phenoxy) is 1.